The predicted molar refractivity (Wildman–Crippen MR) is 104 cm³/mol. The Kier molecular flexibility index (Phi) is 11.3. The molecule has 0 aliphatic rings. The lowest BCUT2D eigenvalue weighted by atomic mass is 10.1. The summed E-state index contributed by atoms with van der Waals surface area (Å²) in [5.74, 6) is -0.202. The first-order valence-corrected chi connectivity index (χ1v) is 12.8. The normalized spacial score (nSPS) is 14.7. The number of thiol groups is 1. The van der Waals surface area contributed by atoms with Crippen LogP contribution >= 0.6 is 12.6 Å². The van der Waals surface area contributed by atoms with Gasteiger partial charge in [-0.3, -0.25) is 9.59 Å². The van der Waals surface area contributed by atoms with E-state index >= 15 is 0 Å². The van der Waals surface area contributed by atoms with Gasteiger partial charge in [0.25, 0.3) is 0 Å². The highest BCUT2D eigenvalue weighted by Crippen LogP contribution is 2.11. The van der Waals surface area contributed by atoms with Gasteiger partial charge in [0.15, 0.2) is 0 Å². The van der Waals surface area contributed by atoms with Crippen molar-refractivity contribution >= 4 is 32.6 Å². The molecule has 0 aliphatic carbocycles. The second-order valence-corrected chi connectivity index (χ2v) is 13.5. The van der Waals surface area contributed by atoms with Crippen molar-refractivity contribution in [3.63, 3.8) is 0 Å². The fourth-order valence-electron chi connectivity index (χ4n) is 1.67. The molecule has 0 fully saturated rings. The van der Waals surface area contributed by atoms with Crippen molar-refractivity contribution in [2.24, 2.45) is 11.7 Å². The Hall–Kier alpha value is -0.793. The molecular formula is C17H33NO4SSi. The van der Waals surface area contributed by atoms with Crippen molar-refractivity contribution in [2.75, 3.05) is 12.4 Å². The Labute approximate surface area is 152 Å². The first-order chi connectivity index (χ1) is 11.1. The summed E-state index contributed by atoms with van der Waals surface area (Å²) in [5.41, 5.74) is 5.80. The van der Waals surface area contributed by atoms with Gasteiger partial charge in [0.1, 0.15) is 12.1 Å². The average molecular weight is 376 g/mol. The number of rotatable bonds is 11. The molecule has 0 heterocycles. The second-order valence-electron chi connectivity index (χ2n) is 7.42. The van der Waals surface area contributed by atoms with E-state index in [4.69, 9.17) is 15.2 Å². The van der Waals surface area contributed by atoms with E-state index in [1.807, 2.05) is 19.9 Å². The van der Waals surface area contributed by atoms with Gasteiger partial charge in [-0.25, -0.2) is 0 Å². The van der Waals surface area contributed by atoms with Crippen LogP contribution in [-0.2, 0) is 19.1 Å². The van der Waals surface area contributed by atoms with Gasteiger partial charge < -0.3 is 15.2 Å². The van der Waals surface area contributed by atoms with Crippen LogP contribution in [0, 0.1) is 5.92 Å². The van der Waals surface area contributed by atoms with Crippen molar-refractivity contribution in [2.45, 2.75) is 64.5 Å². The SMILES string of the molecule is CC(C)[C@H](N)C(=O)O[C@H](/C=C/CCS)CC(=O)OCC[Si](C)(C)C. The molecule has 2 N–H and O–H groups in total. The van der Waals surface area contributed by atoms with Crippen molar-refractivity contribution in [1.29, 1.82) is 0 Å². The van der Waals surface area contributed by atoms with Gasteiger partial charge in [0.05, 0.1) is 13.0 Å². The molecule has 0 rings (SSSR count). The molecule has 0 unspecified atom stereocenters. The van der Waals surface area contributed by atoms with Crippen LogP contribution in [0.3, 0.4) is 0 Å². The van der Waals surface area contributed by atoms with Gasteiger partial charge in [-0.15, -0.1) is 0 Å². The third-order valence-electron chi connectivity index (χ3n) is 3.39. The molecule has 0 aromatic rings. The molecule has 0 spiro atoms. The largest absolute Gasteiger partial charge is 0.466 e. The van der Waals surface area contributed by atoms with Gasteiger partial charge in [0, 0.05) is 8.07 Å². The van der Waals surface area contributed by atoms with E-state index in [0.717, 1.165) is 12.5 Å². The van der Waals surface area contributed by atoms with Crippen molar-refractivity contribution in [3.05, 3.63) is 12.2 Å². The van der Waals surface area contributed by atoms with E-state index in [1.54, 1.807) is 6.08 Å². The zero-order valence-electron chi connectivity index (χ0n) is 15.6. The Morgan fingerprint density at radius 2 is 1.88 bits per heavy atom. The monoisotopic (exact) mass is 375 g/mol. The van der Waals surface area contributed by atoms with Gasteiger partial charge in [-0.05, 0) is 30.2 Å². The third kappa shape index (κ3) is 11.7. The van der Waals surface area contributed by atoms with Crippen LogP contribution in [0.4, 0.5) is 0 Å². The van der Waals surface area contributed by atoms with Gasteiger partial charge in [0.2, 0.25) is 0 Å². The molecule has 0 amide bonds. The number of nitrogens with two attached hydrogens (primary N) is 1. The molecule has 0 saturated carbocycles. The first kappa shape index (κ1) is 23.2. The van der Waals surface area contributed by atoms with E-state index in [-0.39, 0.29) is 18.3 Å². The molecular weight excluding hydrogens is 342 g/mol. The lowest BCUT2D eigenvalue weighted by molar-refractivity contribution is -0.154. The lowest BCUT2D eigenvalue weighted by Crippen LogP contribution is -2.39. The molecule has 5 nitrogen and oxygen atoms in total. The predicted octanol–water partition coefficient (Wildman–Crippen LogP) is 3.03. The quantitative estimate of drug-likeness (QED) is 0.251. The summed E-state index contributed by atoms with van der Waals surface area (Å²) >= 11 is 4.13. The highest BCUT2D eigenvalue weighted by Gasteiger charge is 2.24. The standard InChI is InChI=1S/C17H33NO4SSi/c1-13(2)16(18)17(20)22-14(8-6-7-10-23)12-15(19)21-9-11-24(3,4)5/h6,8,13-14,16,23H,7,9-12,18H2,1-5H3/b8-6+/t14-,16+/m1/s1. The molecule has 24 heavy (non-hydrogen) atoms. The van der Waals surface area contributed by atoms with Crippen LogP contribution in [0.25, 0.3) is 0 Å². The Balaban J connectivity index is 4.60. The molecule has 0 aliphatic heterocycles. The minimum Gasteiger partial charge on any atom is -0.466 e. The number of carbonyl (C=O) groups excluding carboxylic acids is 2. The number of esters is 2. The van der Waals surface area contributed by atoms with Crippen LogP contribution < -0.4 is 5.73 Å². The van der Waals surface area contributed by atoms with Crippen molar-refractivity contribution in [1.82, 2.24) is 0 Å². The minimum atomic E-state index is -1.25. The average Bonchev–Trinajstić information content (AvgIpc) is 2.44. The molecule has 7 heteroatoms. The van der Waals surface area contributed by atoms with Gasteiger partial charge in [-0.2, -0.15) is 12.6 Å². The molecule has 0 saturated heterocycles. The summed E-state index contributed by atoms with van der Waals surface area (Å²) in [7, 11) is -1.25. The number of hydrogen-bond donors (Lipinski definition) is 2. The second kappa shape index (κ2) is 11.7. The first-order valence-electron chi connectivity index (χ1n) is 8.46. The molecule has 0 radical (unpaired) electrons. The van der Waals surface area contributed by atoms with Crippen LogP contribution in [0.1, 0.15) is 26.7 Å². The maximum atomic E-state index is 12.0. The number of hydrogen-bond acceptors (Lipinski definition) is 6. The summed E-state index contributed by atoms with van der Waals surface area (Å²) in [6.45, 7) is 10.8. The fourth-order valence-corrected chi connectivity index (χ4v) is 2.53. The van der Waals surface area contributed by atoms with E-state index in [9.17, 15) is 9.59 Å². The number of ether oxygens (including phenoxy) is 2. The fraction of sp³-hybridized carbons (Fsp3) is 0.765. The summed E-state index contributed by atoms with van der Waals surface area (Å²) < 4.78 is 10.6. The van der Waals surface area contributed by atoms with Crippen LogP contribution in [0.2, 0.25) is 25.7 Å². The summed E-state index contributed by atoms with van der Waals surface area (Å²) in [5, 5.41) is 0. The highest BCUT2D eigenvalue weighted by molar-refractivity contribution is 7.80. The van der Waals surface area contributed by atoms with Crippen molar-refractivity contribution < 1.29 is 19.1 Å². The molecule has 0 aromatic carbocycles. The summed E-state index contributed by atoms with van der Waals surface area (Å²) in [6, 6.07) is 0.213. The third-order valence-corrected chi connectivity index (χ3v) is 5.35. The lowest BCUT2D eigenvalue weighted by Gasteiger charge is -2.20. The smallest absolute Gasteiger partial charge is 0.323 e. The van der Waals surface area contributed by atoms with E-state index in [1.165, 1.54) is 0 Å². The van der Waals surface area contributed by atoms with Crippen molar-refractivity contribution in [3.8, 4) is 0 Å². The van der Waals surface area contributed by atoms with Crippen LogP contribution in [0.15, 0.2) is 12.2 Å². The molecule has 0 bridgehead atoms. The maximum absolute atomic E-state index is 12.0. The summed E-state index contributed by atoms with van der Waals surface area (Å²) in [4.78, 5) is 24.0. The van der Waals surface area contributed by atoms with Crippen LogP contribution in [-0.4, -0.2) is 44.5 Å². The van der Waals surface area contributed by atoms with Gasteiger partial charge >= 0.3 is 11.9 Å². The Morgan fingerprint density at radius 1 is 1.25 bits per heavy atom. The van der Waals surface area contributed by atoms with Gasteiger partial charge in [-0.1, -0.05) is 39.6 Å². The van der Waals surface area contributed by atoms with E-state index < -0.39 is 26.2 Å². The molecule has 2 atom stereocenters. The molecule has 140 valence electrons. The minimum absolute atomic E-state index is 0.00528. The summed E-state index contributed by atoms with van der Waals surface area (Å²) in [6.07, 6.45) is 3.65. The molecule has 0 aromatic heterocycles. The topological polar surface area (TPSA) is 78.6 Å². The Morgan fingerprint density at radius 3 is 2.38 bits per heavy atom. The number of carbonyl (C=O) groups is 2. The zero-order chi connectivity index (χ0) is 18.8. The Bertz CT molecular complexity index is 421. The van der Waals surface area contributed by atoms with Crippen LogP contribution in [0.5, 0.6) is 0 Å². The highest BCUT2D eigenvalue weighted by atomic mass is 32.1. The maximum Gasteiger partial charge on any atom is 0.323 e. The van der Waals surface area contributed by atoms with E-state index in [2.05, 4.69) is 32.3 Å². The number of allylic oxidation sites excluding steroid dienone is 1. The zero-order valence-corrected chi connectivity index (χ0v) is 17.5. The van der Waals surface area contributed by atoms with E-state index in [0.29, 0.717) is 12.4 Å².